The van der Waals surface area contributed by atoms with Gasteiger partial charge in [-0.05, 0) is 61.7 Å². The maximum absolute atomic E-state index is 14.6. The molecule has 0 unspecified atom stereocenters. The molecule has 4 rings (SSSR count). The molecule has 2 aromatic carbocycles. The van der Waals surface area contributed by atoms with Crippen LogP contribution in [0.15, 0.2) is 48.5 Å². The third-order valence-corrected chi connectivity index (χ3v) is 5.86. The van der Waals surface area contributed by atoms with Crippen molar-refractivity contribution in [3.8, 4) is 0 Å². The maximum Gasteiger partial charge on any atom is 0.257 e. The molecule has 1 saturated heterocycles. The number of anilines is 1. The van der Waals surface area contributed by atoms with E-state index in [1.54, 1.807) is 17.0 Å². The molecule has 1 radical (unpaired) electrons. The molecule has 0 saturated carbocycles. The van der Waals surface area contributed by atoms with Gasteiger partial charge in [-0.15, -0.1) is 5.10 Å². The SMILES string of the molecule is Cc1[c]nnc(Cc2ccc(F)c(C(=O)N3CC(=O)N(c4ccccc4)[C@@H](C)C3)c2)c1C. The number of benzene rings is 2. The van der Waals surface area contributed by atoms with Gasteiger partial charge in [0.1, 0.15) is 18.6 Å². The summed E-state index contributed by atoms with van der Waals surface area (Å²) in [6.07, 6.45) is 3.24. The number of amides is 2. The van der Waals surface area contributed by atoms with E-state index >= 15 is 0 Å². The van der Waals surface area contributed by atoms with Crippen LogP contribution in [-0.4, -0.2) is 46.0 Å². The fourth-order valence-corrected chi connectivity index (χ4v) is 4.01. The van der Waals surface area contributed by atoms with Crippen LogP contribution >= 0.6 is 0 Å². The highest BCUT2D eigenvalue weighted by atomic mass is 19.1. The zero-order valence-corrected chi connectivity index (χ0v) is 18.3. The number of carbonyl (C=O) groups is 2. The molecule has 1 aliphatic heterocycles. The third kappa shape index (κ3) is 4.23. The molecule has 0 bridgehead atoms. The molecule has 163 valence electrons. The molecule has 1 aliphatic rings. The van der Waals surface area contributed by atoms with Crippen LogP contribution < -0.4 is 4.90 Å². The standard InChI is InChI=1S/C25H24FN4O2/c1-16-13-27-28-23(18(16)3)12-19-9-10-22(26)21(11-19)25(32)29-14-17(2)30(24(31)15-29)20-7-5-4-6-8-20/h4-11,17H,12,14-15H2,1-3H3/t17-/m0/s1. The first-order valence-corrected chi connectivity index (χ1v) is 10.5. The quantitative estimate of drug-likeness (QED) is 0.634. The molecule has 32 heavy (non-hydrogen) atoms. The van der Waals surface area contributed by atoms with Gasteiger partial charge < -0.3 is 9.80 Å². The zero-order valence-electron chi connectivity index (χ0n) is 18.3. The Morgan fingerprint density at radius 3 is 2.66 bits per heavy atom. The van der Waals surface area contributed by atoms with Crippen molar-refractivity contribution in [2.75, 3.05) is 18.0 Å². The summed E-state index contributed by atoms with van der Waals surface area (Å²) in [6.45, 7) is 5.94. The van der Waals surface area contributed by atoms with E-state index in [0.29, 0.717) is 13.0 Å². The highest BCUT2D eigenvalue weighted by molar-refractivity contribution is 6.02. The number of hydrogen-bond donors (Lipinski definition) is 0. The molecule has 0 N–H and O–H groups in total. The number of halogens is 1. The molecule has 2 heterocycles. The summed E-state index contributed by atoms with van der Waals surface area (Å²) < 4.78 is 14.6. The average molecular weight is 431 g/mol. The van der Waals surface area contributed by atoms with Gasteiger partial charge in [0.2, 0.25) is 5.91 Å². The topological polar surface area (TPSA) is 66.4 Å². The van der Waals surface area contributed by atoms with Crippen molar-refractivity contribution in [2.24, 2.45) is 0 Å². The van der Waals surface area contributed by atoms with Gasteiger partial charge in [0.05, 0.1) is 17.3 Å². The van der Waals surface area contributed by atoms with E-state index in [2.05, 4.69) is 16.4 Å². The lowest BCUT2D eigenvalue weighted by atomic mass is 10.0. The first-order chi connectivity index (χ1) is 15.3. The second kappa shape index (κ2) is 8.86. The number of carbonyl (C=O) groups excluding carboxylic acids is 2. The van der Waals surface area contributed by atoms with Crippen molar-refractivity contribution in [2.45, 2.75) is 33.2 Å². The van der Waals surface area contributed by atoms with Crippen LogP contribution in [0.1, 0.15) is 39.7 Å². The minimum atomic E-state index is -0.607. The van der Waals surface area contributed by atoms with Gasteiger partial charge in [-0.25, -0.2) is 4.39 Å². The van der Waals surface area contributed by atoms with E-state index in [1.807, 2.05) is 51.1 Å². The van der Waals surface area contributed by atoms with E-state index in [9.17, 15) is 14.0 Å². The number of para-hydroxylation sites is 1. The van der Waals surface area contributed by atoms with Crippen molar-refractivity contribution < 1.29 is 14.0 Å². The van der Waals surface area contributed by atoms with E-state index < -0.39 is 11.7 Å². The van der Waals surface area contributed by atoms with Crippen molar-refractivity contribution in [3.63, 3.8) is 0 Å². The largest absolute Gasteiger partial charge is 0.327 e. The number of aromatic nitrogens is 2. The predicted octanol–water partition coefficient (Wildman–Crippen LogP) is 3.50. The Labute approximate surface area is 186 Å². The molecule has 0 spiro atoms. The molecule has 1 fully saturated rings. The smallest absolute Gasteiger partial charge is 0.257 e. The lowest BCUT2D eigenvalue weighted by Gasteiger charge is -2.39. The zero-order chi connectivity index (χ0) is 22.8. The summed E-state index contributed by atoms with van der Waals surface area (Å²) in [5.74, 6) is -1.29. The Bertz CT molecular complexity index is 1170. The average Bonchev–Trinajstić information content (AvgIpc) is 2.78. The van der Waals surface area contributed by atoms with E-state index in [1.165, 1.54) is 11.0 Å². The van der Waals surface area contributed by atoms with Crippen molar-refractivity contribution in [3.05, 3.63) is 88.5 Å². The molecule has 1 atom stereocenters. The van der Waals surface area contributed by atoms with Gasteiger partial charge in [0, 0.05) is 18.7 Å². The summed E-state index contributed by atoms with van der Waals surface area (Å²) in [5, 5.41) is 8.01. The predicted molar refractivity (Wildman–Crippen MR) is 119 cm³/mol. The molecule has 2 amide bonds. The molecule has 0 aliphatic carbocycles. The minimum Gasteiger partial charge on any atom is -0.327 e. The fourth-order valence-electron chi connectivity index (χ4n) is 4.01. The van der Waals surface area contributed by atoms with Crippen molar-refractivity contribution in [1.29, 1.82) is 0 Å². The van der Waals surface area contributed by atoms with E-state index in [4.69, 9.17) is 0 Å². The number of piperazine rings is 1. The monoisotopic (exact) mass is 431 g/mol. The van der Waals surface area contributed by atoms with Gasteiger partial charge in [-0.2, -0.15) is 5.10 Å². The van der Waals surface area contributed by atoms with Crippen LogP contribution in [0.4, 0.5) is 10.1 Å². The number of hydrogen-bond acceptors (Lipinski definition) is 4. The second-order valence-electron chi connectivity index (χ2n) is 8.13. The van der Waals surface area contributed by atoms with Gasteiger partial charge >= 0.3 is 0 Å². The van der Waals surface area contributed by atoms with Gasteiger partial charge in [-0.1, -0.05) is 24.3 Å². The summed E-state index contributed by atoms with van der Waals surface area (Å²) in [6, 6.07) is 13.6. The highest BCUT2D eigenvalue weighted by Gasteiger charge is 2.34. The maximum atomic E-state index is 14.6. The van der Waals surface area contributed by atoms with Crippen LogP contribution in [0.3, 0.4) is 0 Å². The number of nitrogens with zero attached hydrogens (tertiary/aromatic N) is 4. The first-order valence-electron chi connectivity index (χ1n) is 10.5. The second-order valence-corrected chi connectivity index (χ2v) is 8.13. The van der Waals surface area contributed by atoms with Crippen LogP contribution in [0.2, 0.25) is 0 Å². The Balaban J connectivity index is 1.55. The molecule has 7 heteroatoms. The first kappa shape index (κ1) is 21.6. The summed E-state index contributed by atoms with van der Waals surface area (Å²) in [7, 11) is 0. The minimum absolute atomic E-state index is 0.0412. The summed E-state index contributed by atoms with van der Waals surface area (Å²) in [4.78, 5) is 29.1. The number of rotatable bonds is 4. The fraction of sp³-hybridized carbons (Fsp3) is 0.280. The van der Waals surface area contributed by atoms with Crippen LogP contribution in [0.25, 0.3) is 0 Å². The van der Waals surface area contributed by atoms with Crippen molar-refractivity contribution in [1.82, 2.24) is 15.1 Å². The van der Waals surface area contributed by atoms with Crippen LogP contribution in [-0.2, 0) is 11.2 Å². The van der Waals surface area contributed by atoms with E-state index in [0.717, 1.165) is 28.1 Å². The molecular formula is C25H24FN4O2. The lowest BCUT2D eigenvalue weighted by Crippen LogP contribution is -2.57. The third-order valence-electron chi connectivity index (χ3n) is 5.86. The van der Waals surface area contributed by atoms with Gasteiger partial charge in [0.15, 0.2) is 0 Å². The highest BCUT2D eigenvalue weighted by Crippen LogP contribution is 2.23. The van der Waals surface area contributed by atoms with Gasteiger partial charge in [-0.3, -0.25) is 9.59 Å². The molecular weight excluding hydrogens is 407 g/mol. The molecule has 1 aromatic heterocycles. The molecule has 6 nitrogen and oxygen atoms in total. The summed E-state index contributed by atoms with van der Waals surface area (Å²) >= 11 is 0. The van der Waals surface area contributed by atoms with Gasteiger partial charge in [0.25, 0.3) is 5.91 Å². The Morgan fingerprint density at radius 1 is 1.19 bits per heavy atom. The molecule has 3 aromatic rings. The summed E-state index contributed by atoms with van der Waals surface area (Å²) in [5.41, 5.74) is 4.12. The van der Waals surface area contributed by atoms with Crippen molar-refractivity contribution >= 4 is 17.5 Å². The number of aryl methyl sites for hydroxylation is 1. The Kier molecular flexibility index (Phi) is 5.99. The Hall–Kier alpha value is -3.61. The normalized spacial score (nSPS) is 16.4. The van der Waals surface area contributed by atoms with Crippen LogP contribution in [0, 0.1) is 25.9 Å². The van der Waals surface area contributed by atoms with E-state index in [-0.39, 0.29) is 24.1 Å². The Morgan fingerprint density at radius 2 is 1.94 bits per heavy atom. The van der Waals surface area contributed by atoms with Crippen LogP contribution in [0.5, 0.6) is 0 Å². The lowest BCUT2D eigenvalue weighted by molar-refractivity contribution is -0.121.